The lowest BCUT2D eigenvalue weighted by molar-refractivity contribution is -0.896. The van der Waals surface area contributed by atoms with Crippen LogP contribution < -0.4 is 10.2 Å². The summed E-state index contributed by atoms with van der Waals surface area (Å²) in [6.07, 6.45) is 4.28. The molecule has 0 radical (unpaired) electrons. The van der Waals surface area contributed by atoms with Gasteiger partial charge in [0, 0.05) is 24.1 Å². The van der Waals surface area contributed by atoms with Crippen molar-refractivity contribution in [3.8, 4) is 0 Å². The Balaban J connectivity index is 2.29. The first-order valence-corrected chi connectivity index (χ1v) is 7.59. The first kappa shape index (κ1) is 16.7. The standard InChI is InChI=1S/C16H23ClN2O/c1-3-19(4-2)13-7-12-18-16(20)11-10-14-8-5-6-9-15(14)17/h5-6,8-11H,3-4,7,12-13H2,1-2H3,(H,18,20)/p+1. The summed E-state index contributed by atoms with van der Waals surface area (Å²) < 4.78 is 0. The van der Waals surface area contributed by atoms with E-state index in [1.807, 2.05) is 24.3 Å². The summed E-state index contributed by atoms with van der Waals surface area (Å²) in [6.45, 7) is 8.46. The first-order chi connectivity index (χ1) is 9.67. The molecule has 0 saturated heterocycles. The number of amides is 1. The zero-order valence-electron chi connectivity index (χ0n) is 12.3. The van der Waals surface area contributed by atoms with Gasteiger partial charge in [0.05, 0.1) is 19.6 Å². The molecule has 4 heteroatoms. The second kappa shape index (κ2) is 9.56. The number of hydrogen-bond acceptors (Lipinski definition) is 1. The van der Waals surface area contributed by atoms with E-state index in [1.165, 1.54) is 6.08 Å². The number of halogens is 1. The lowest BCUT2D eigenvalue weighted by atomic mass is 10.2. The van der Waals surface area contributed by atoms with E-state index in [0.717, 1.165) is 38.2 Å². The fourth-order valence-corrected chi connectivity index (χ4v) is 2.19. The molecule has 1 amide bonds. The normalized spacial score (nSPS) is 11.2. The lowest BCUT2D eigenvalue weighted by Gasteiger charge is -2.14. The predicted molar refractivity (Wildman–Crippen MR) is 85.0 cm³/mol. The minimum absolute atomic E-state index is 0.0699. The van der Waals surface area contributed by atoms with Crippen LogP contribution in [0.1, 0.15) is 25.8 Å². The van der Waals surface area contributed by atoms with Gasteiger partial charge in [-0.2, -0.15) is 0 Å². The smallest absolute Gasteiger partial charge is 0.244 e. The average molecular weight is 296 g/mol. The molecule has 0 saturated carbocycles. The van der Waals surface area contributed by atoms with E-state index in [9.17, 15) is 4.79 Å². The Bertz CT molecular complexity index is 442. The maximum atomic E-state index is 11.7. The van der Waals surface area contributed by atoms with Crippen molar-refractivity contribution in [3.63, 3.8) is 0 Å². The predicted octanol–water partition coefficient (Wildman–Crippen LogP) is 1.78. The minimum Gasteiger partial charge on any atom is -0.352 e. The number of benzene rings is 1. The third kappa shape index (κ3) is 6.22. The van der Waals surface area contributed by atoms with Crippen molar-refractivity contribution >= 4 is 23.6 Å². The Labute approximate surface area is 126 Å². The van der Waals surface area contributed by atoms with Crippen molar-refractivity contribution < 1.29 is 9.69 Å². The SMILES string of the molecule is CC[NH+](CC)CCCNC(=O)C=Cc1ccccc1Cl. The highest BCUT2D eigenvalue weighted by molar-refractivity contribution is 6.32. The van der Waals surface area contributed by atoms with Gasteiger partial charge in [-0.3, -0.25) is 4.79 Å². The molecule has 0 atom stereocenters. The van der Waals surface area contributed by atoms with Gasteiger partial charge in [-0.05, 0) is 31.6 Å². The van der Waals surface area contributed by atoms with Gasteiger partial charge < -0.3 is 10.2 Å². The van der Waals surface area contributed by atoms with Crippen molar-refractivity contribution in [2.75, 3.05) is 26.2 Å². The van der Waals surface area contributed by atoms with Crippen LogP contribution in [0.4, 0.5) is 0 Å². The van der Waals surface area contributed by atoms with Crippen LogP contribution in [0.15, 0.2) is 30.3 Å². The van der Waals surface area contributed by atoms with Gasteiger partial charge in [0.2, 0.25) is 5.91 Å². The molecule has 0 heterocycles. The maximum Gasteiger partial charge on any atom is 0.244 e. The molecule has 1 aromatic carbocycles. The second-order valence-electron chi connectivity index (χ2n) is 4.71. The number of rotatable bonds is 8. The van der Waals surface area contributed by atoms with Gasteiger partial charge in [-0.1, -0.05) is 29.8 Å². The Morgan fingerprint density at radius 2 is 2.00 bits per heavy atom. The molecule has 0 bridgehead atoms. The van der Waals surface area contributed by atoms with Crippen LogP contribution in [-0.2, 0) is 4.79 Å². The topological polar surface area (TPSA) is 33.5 Å². The molecule has 1 aromatic rings. The van der Waals surface area contributed by atoms with E-state index in [4.69, 9.17) is 11.6 Å². The molecular weight excluding hydrogens is 272 g/mol. The van der Waals surface area contributed by atoms with Crippen molar-refractivity contribution in [1.29, 1.82) is 0 Å². The molecular formula is C16H24ClN2O+. The van der Waals surface area contributed by atoms with Gasteiger partial charge in [-0.25, -0.2) is 0 Å². The Morgan fingerprint density at radius 1 is 1.30 bits per heavy atom. The minimum atomic E-state index is -0.0699. The molecule has 0 aromatic heterocycles. The van der Waals surface area contributed by atoms with E-state index < -0.39 is 0 Å². The fourth-order valence-electron chi connectivity index (χ4n) is 1.99. The summed E-state index contributed by atoms with van der Waals surface area (Å²) in [7, 11) is 0. The molecule has 0 aliphatic heterocycles. The summed E-state index contributed by atoms with van der Waals surface area (Å²) in [4.78, 5) is 13.2. The molecule has 0 aliphatic rings. The Kier molecular flexibility index (Phi) is 8.00. The molecule has 0 unspecified atom stereocenters. The molecule has 0 aliphatic carbocycles. The molecule has 0 spiro atoms. The zero-order chi connectivity index (χ0) is 14.8. The number of carbonyl (C=O) groups is 1. The number of hydrogen-bond donors (Lipinski definition) is 2. The number of quaternary nitrogens is 1. The van der Waals surface area contributed by atoms with E-state index >= 15 is 0 Å². The number of carbonyl (C=O) groups excluding carboxylic acids is 1. The van der Waals surface area contributed by atoms with Crippen LogP contribution >= 0.6 is 11.6 Å². The molecule has 2 N–H and O–H groups in total. The largest absolute Gasteiger partial charge is 0.352 e. The van der Waals surface area contributed by atoms with Crippen molar-refractivity contribution in [3.05, 3.63) is 40.9 Å². The molecule has 1 rings (SSSR count). The van der Waals surface area contributed by atoms with Crippen LogP contribution in [0, 0.1) is 0 Å². The highest BCUT2D eigenvalue weighted by Gasteiger charge is 2.02. The molecule has 0 fully saturated rings. The Morgan fingerprint density at radius 3 is 2.65 bits per heavy atom. The molecule has 20 heavy (non-hydrogen) atoms. The van der Waals surface area contributed by atoms with Crippen molar-refractivity contribution in [2.45, 2.75) is 20.3 Å². The van der Waals surface area contributed by atoms with Crippen LogP contribution in [0.5, 0.6) is 0 Å². The monoisotopic (exact) mass is 295 g/mol. The average Bonchev–Trinajstić information content (AvgIpc) is 2.46. The lowest BCUT2D eigenvalue weighted by Crippen LogP contribution is -3.11. The highest BCUT2D eigenvalue weighted by Crippen LogP contribution is 2.15. The van der Waals surface area contributed by atoms with Gasteiger partial charge in [0.25, 0.3) is 0 Å². The van der Waals surface area contributed by atoms with Crippen molar-refractivity contribution in [2.24, 2.45) is 0 Å². The van der Waals surface area contributed by atoms with Gasteiger partial charge in [0.1, 0.15) is 0 Å². The summed E-state index contributed by atoms with van der Waals surface area (Å²) in [5.74, 6) is -0.0699. The summed E-state index contributed by atoms with van der Waals surface area (Å²) in [5, 5.41) is 3.55. The summed E-state index contributed by atoms with van der Waals surface area (Å²) in [5.41, 5.74) is 0.858. The van der Waals surface area contributed by atoms with E-state index in [-0.39, 0.29) is 5.91 Å². The number of nitrogens with one attached hydrogen (secondary N) is 2. The molecule has 110 valence electrons. The van der Waals surface area contributed by atoms with Gasteiger partial charge >= 0.3 is 0 Å². The van der Waals surface area contributed by atoms with Crippen LogP contribution in [-0.4, -0.2) is 32.1 Å². The third-order valence-electron chi connectivity index (χ3n) is 3.33. The van der Waals surface area contributed by atoms with Crippen molar-refractivity contribution in [1.82, 2.24) is 5.32 Å². The van der Waals surface area contributed by atoms with E-state index in [2.05, 4.69) is 19.2 Å². The third-order valence-corrected chi connectivity index (χ3v) is 3.67. The van der Waals surface area contributed by atoms with Crippen LogP contribution in [0.3, 0.4) is 0 Å². The van der Waals surface area contributed by atoms with Crippen LogP contribution in [0.25, 0.3) is 6.08 Å². The second-order valence-corrected chi connectivity index (χ2v) is 5.11. The summed E-state index contributed by atoms with van der Waals surface area (Å²) in [6, 6.07) is 7.47. The summed E-state index contributed by atoms with van der Waals surface area (Å²) >= 11 is 6.02. The first-order valence-electron chi connectivity index (χ1n) is 7.21. The van der Waals surface area contributed by atoms with E-state index in [1.54, 1.807) is 11.0 Å². The fraction of sp³-hybridized carbons (Fsp3) is 0.438. The maximum absolute atomic E-state index is 11.7. The zero-order valence-corrected chi connectivity index (χ0v) is 13.0. The van der Waals surface area contributed by atoms with Crippen LogP contribution in [0.2, 0.25) is 5.02 Å². The Hall–Kier alpha value is -1.32. The highest BCUT2D eigenvalue weighted by atomic mass is 35.5. The van der Waals surface area contributed by atoms with Gasteiger partial charge in [-0.15, -0.1) is 0 Å². The van der Waals surface area contributed by atoms with E-state index in [0.29, 0.717) is 5.02 Å². The molecule has 3 nitrogen and oxygen atoms in total. The van der Waals surface area contributed by atoms with Gasteiger partial charge in [0.15, 0.2) is 0 Å². The quantitative estimate of drug-likeness (QED) is 0.556.